The van der Waals surface area contributed by atoms with Gasteiger partial charge in [-0.3, -0.25) is 0 Å². The van der Waals surface area contributed by atoms with Crippen LogP contribution in [-0.2, 0) is 11.3 Å². The quantitative estimate of drug-likeness (QED) is 0.659. The summed E-state index contributed by atoms with van der Waals surface area (Å²) in [6.07, 6.45) is 0. The second kappa shape index (κ2) is 7.08. The molecular weight excluding hydrogens is 334 g/mol. The fraction of sp³-hybridized carbons (Fsp3) is 0.118. The maximum Gasteiger partial charge on any atom is 0.341 e. The van der Waals surface area contributed by atoms with Crippen LogP contribution >= 0.6 is 0 Å². The number of esters is 1. The van der Waals surface area contributed by atoms with E-state index < -0.39 is 23.2 Å². The normalized spacial score (nSPS) is 10.5. The van der Waals surface area contributed by atoms with Gasteiger partial charge in [0.1, 0.15) is 17.4 Å². The lowest BCUT2D eigenvalue weighted by Gasteiger charge is -2.03. The first-order valence-electron chi connectivity index (χ1n) is 7.16. The highest BCUT2D eigenvalue weighted by molar-refractivity contribution is 5.89. The van der Waals surface area contributed by atoms with E-state index in [0.29, 0.717) is 17.1 Å². The SMILES string of the molecule is COc1ccc(-c2noc(COC(=O)c3cc(F)ccc3F)n2)cc1. The lowest BCUT2D eigenvalue weighted by atomic mass is 10.2. The average Bonchev–Trinajstić information content (AvgIpc) is 3.11. The molecular formula is C17H12F2N2O4. The van der Waals surface area contributed by atoms with Crippen molar-refractivity contribution < 1.29 is 27.6 Å². The Hall–Kier alpha value is -3.29. The molecule has 0 saturated carbocycles. The zero-order chi connectivity index (χ0) is 17.8. The van der Waals surface area contributed by atoms with Crippen molar-refractivity contribution in [2.24, 2.45) is 0 Å². The van der Waals surface area contributed by atoms with Crippen LogP contribution < -0.4 is 4.74 Å². The van der Waals surface area contributed by atoms with Crippen molar-refractivity contribution in [1.29, 1.82) is 0 Å². The van der Waals surface area contributed by atoms with Gasteiger partial charge in [-0.2, -0.15) is 4.98 Å². The maximum absolute atomic E-state index is 13.5. The molecule has 0 aliphatic carbocycles. The molecule has 8 heteroatoms. The summed E-state index contributed by atoms with van der Waals surface area (Å²) in [5.74, 6) is -1.65. The Labute approximate surface area is 141 Å². The zero-order valence-corrected chi connectivity index (χ0v) is 13.0. The molecule has 0 bridgehead atoms. The summed E-state index contributed by atoms with van der Waals surface area (Å²) in [6.45, 7) is -0.363. The Kier molecular flexibility index (Phi) is 4.69. The van der Waals surface area contributed by atoms with E-state index in [4.69, 9.17) is 14.0 Å². The van der Waals surface area contributed by atoms with Crippen LogP contribution in [0.3, 0.4) is 0 Å². The number of hydrogen-bond acceptors (Lipinski definition) is 6. The minimum Gasteiger partial charge on any atom is -0.497 e. The third-order valence-corrected chi connectivity index (χ3v) is 3.29. The van der Waals surface area contributed by atoms with Gasteiger partial charge in [0.15, 0.2) is 6.61 Å². The fourth-order valence-corrected chi connectivity index (χ4v) is 2.03. The van der Waals surface area contributed by atoms with Crippen LogP contribution in [0.4, 0.5) is 8.78 Å². The molecule has 0 atom stereocenters. The van der Waals surface area contributed by atoms with E-state index >= 15 is 0 Å². The van der Waals surface area contributed by atoms with Crippen molar-refractivity contribution in [1.82, 2.24) is 10.1 Å². The second-order valence-corrected chi connectivity index (χ2v) is 4.94. The van der Waals surface area contributed by atoms with Crippen LogP contribution in [0.1, 0.15) is 16.2 Å². The molecule has 6 nitrogen and oxygen atoms in total. The van der Waals surface area contributed by atoms with Gasteiger partial charge in [-0.25, -0.2) is 13.6 Å². The molecule has 0 spiro atoms. The summed E-state index contributed by atoms with van der Waals surface area (Å²) in [5.41, 5.74) is 0.174. The molecule has 0 aliphatic rings. The van der Waals surface area contributed by atoms with Gasteiger partial charge >= 0.3 is 5.97 Å². The molecule has 1 aromatic heterocycles. The Balaban J connectivity index is 1.67. The highest BCUT2D eigenvalue weighted by Gasteiger charge is 2.16. The van der Waals surface area contributed by atoms with Crippen molar-refractivity contribution in [3.05, 3.63) is 65.6 Å². The number of rotatable bonds is 5. The molecule has 3 rings (SSSR count). The highest BCUT2D eigenvalue weighted by atomic mass is 19.1. The van der Waals surface area contributed by atoms with Crippen molar-refractivity contribution in [2.75, 3.05) is 7.11 Å². The van der Waals surface area contributed by atoms with E-state index in [1.54, 1.807) is 31.4 Å². The summed E-state index contributed by atoms with van der Waals surface area (Å²) in [6, 6.07) is 9.46. The van der Waals surface area contributed by atoms with E-state index in [1.807, 2.05) is 0 Å². The van der Waals surface area contributed by atoms with E-state index in [1.165, 1.54) is 0 Å². The summed E-state index contributed by atoms with van der Waals surface area (Å²) < 4.78 is 41.5. The van der Waals surface area contributed by atoms with Crippen LogP contribution in [0, 0.1) is 11.6 Å². The molecule has 128 valence electrons. The van der Waals surface area contributed by atoms with Gasteiger partial charge in [-0.1, -0.05) is 5.16 Å². The zero-order valence-electron chi connectivity index (χ0n) is 13.0. The topological polar surface area (TPSA) is 74.5 Å². The van der Waals surface area contributed by atoms with Crippen LogP contribution in [0.15, 0.2) is 47.0 Å². The van der Waals surface area contributed by atoms with Crippen LogP contribution in [0.5, 0.6) is 5.75 Å². The molecule has 25 heavy (non-hydrogen) atoms. The van der Waals surface area contributed by atoms with Gasteiger partial charge in [0.05, 0.1) is 12.7 Å². The van der Waals surface area contributed by atoms with E-state index in [2.05, 4.69) is 10.1 Å². The first-order valence-corrected chi connectivity index (χ1v) is 7.16. The third kappa shape index (κ3) is 3.79. The predicted molar refractivity (Wildman–Crippen MR) is 81.8 cm³/mol. The van der Waals surface area contributed by atoms with Crippen LogP contribution in [0.25, 0.3) is 11.4 Å². The largest absolute Gasteiger partial charge is 0.497 e. The number of carbonyl (C=O) groups excluding carboxylic acids is 1. The fourth-order valence-electron chi connectivity index (χ4n) is 2.03. The van der Waals surface area contributed by atoms with Gasteiger partial charge in [-0.15, -0.1) is 0 Å². The number of carbonyl (C=O) groups is 1. The molecule has 2 aromatic carbocycles. The number of halogens is 2. The molecule has 0 aliphatic heterocycles. The van der Waals surface area contributed by atoms with Gasteiger partial charge in [0.2, 0.25) is 5.82 Å². The van der Waals surface area contributed by atoms with Crippen molar-refractivity contribution >= 4 is 5.97 Å². The maximum atomic E-state index is 13.5. The molecule has 0 fully saturated rings. The standard InChI is InChI=1S/C17H12F2N2O4/c1-23-12-5-2-10(3-6-12)16-20-15(25-21-16)9-24-17(22)13-8-11(18)4-7-14(13)19/h2-8H,9H2,1H3. The molecule has 0 amide bonds. The molecule has 1 heterocycles. The van der Waals surface area contributed by atoms with Gasteiger partial charge in [0.25, 0.3) is 5.89 Å². The molecule has 3 aromatic rings. The monoisotopic (exact) mass is 346 g/mol. The van der Waals surface area contributed by atoms with Gasteiger partial charge in [0, 0.05) is 5.56 Å². The second-order valence-electron chi connectivity index (χ2n) is 4.94. The van der Waals surface area contributed by atoms with Gasteiger partial charge < -0.3 is 14.0 Å². The first-order chi connectivity index (χ1) is 12.1. The summed E-state index contributed by atoms with van der Waals surface area (Å²) in [4.78, 5) is 15.9. The number of ether oxygens (including phenoxy) is 2. The van der Waals surface area contributed by atoms with Crippen LogP contribution in [-0.4, -0.2) is 23.2 Å². The highest BCUT2D eigenvalue weighted by Crippen LogP contribution is 2.20. The lowest BCUT2D eigenvalue weighted by molar-refractivity contribution is 0.0424. The molecule has 0 radical (unpaired) electrons. The summed E-state index contributed by atoms with van der Waals surface area (Å²) in [5, 5.41) is 3.77. The number of nitrogens with zero attached hydrogens (tertiary/aromatic N) is 2. The predicted octanol–water partition coefficient (Wildman–Crippen LogP) is 3.38. The minimum atomic E-state index is -1.03. The molecule has 0 unspecified atom stereocenters. The van der Waals surface area contributed by atoms with Crippen molar-refractivity contribution in [2.45, 2.75) is 6.61 Å². The summed E-state index contributed by atoms with van der Waals surface area (Å²) in [7, 11) is 1.55. The smallest absolute Gasteiger partial charge is 0.341 e. The molecule has 0 saturated heterocycles. The van der Waals surface area contributed by atoms with Gasteiger partial charge in [-0.05, 0) is 42.5 Å². The first kappa shape index (κ1) is 16.6. The molecule has 0 N–H and O–H groups in total. The number of methoxy groups -OCH3 is 1. The Bertz CT molecular complexity index is 894. The summed E-state index contributed by atoms with van der Waals surface area (Å²) >= 11 is 0. The van der Waals surface area contributed by atoms with Crippen LogP contribution in [0.2, 0.25) is 0 Å². The number of aromatic nitrogens is 2. The Morgan fingerprint density at radius 3 is 2.64 bits per heavy atom. The number of benzene rings is 2. The number of hydrogen-bond donors (Lipinski definition) is 0. The van der Waals surface area contributed by atoms with Crippen molar-refractivity contribution in [3.63, 3.8) is 0 Å². The van der Waals surface area contributed by atoms with Crippen molar-refractivity contribution in [3.8, 4) is 17.1 Å². The average molecular weight is 346 g/mol. The van der Waals surface area contributed by atoms with E-state index in [-0.39, 0.29) is 12.5 Å². The van der Waals surface area contributed by atoms with E-state index in [9.17, 15) is 13.6 Å². The third-order valence-electron chi connectivity index (χ3n) is 3.29. The Morgan fingerprint density at radius 1 is 1.16 bits per heavy atom. The lowest BCUT2D eigenvalue weighted by Crippen LogP contribution is -2.08. The minimum absolute atomic E-state index is 0.0241. The Morgan fingerprint density at radius 2 is 1.92 bits per heavy atom. The van der Waals surface area contributed by atoms with E-state index in [0.717, 1.165) is 18.2 Å².